The molecule has 0 unspecified atom stereocenters. The Morgan fingerprint density at radius 3 is 2.48 bits per heavy atom. The summed E-state index contributed by atoms with van der Waals surface area (Å²) in [5.74, 6) is 0.307. The van der Waals surface area contributed by atoms with Crippen molar-refractivity contribution in [3.8, 4) is 5.75 Å². The van der Waals surface area contributed by atoms with Gasteiger partial charge in [-0.1, -0.05) is 18.2 Å². The third-order valence-corrected chi connectivity index (χ3v) is 6.11. The average Bonchev–Trinajstić information content (AvgIpc) is 2.65. The van der Waals surface area contributed by atoms with Crippen LogP contribution in [-0.2, 0) is 9.84 Å². The number of pyridine rings is 1. The maximum atomic E-state index is 13.0. The standard InChI is InChI=1S/C21H16F3NO3S/c1-20(2)11-17(14-9-13-5-3-4-6-18(13)25-12-14)16-10-15(7-8-19(16)28-20)29(26,27)21(22,23)24/h3-12H,1-2H3. The Morgan fingerprint density at radius 1 is 1.03 bits per heavy atom. The van der Waals surface area contributed by atoms with Crippen molar-refractivity contribution in [2.45, 2.75) is 29.9 Å². The maximum Gasteiger partial charge on any atom is 0.501 e. The number of nitrogens with zero attached hydrogens (tertiary/aromatic N) is 1. The van der Waals surface area contributed by atoms with Crippen LogP contribution in [0.2, 0.25) is 0 Å². The monoisotopic (exact) mass is 419 g/mol. The van der Waals surface area contributed by atoms with Crippen molar-refractivity contribution in [2.75, 3.05) is 0 Å². The van der Waals surface area contributed by atoms with Gasteiger partial charge in [-0.25, -0.2) is 8.42 Å². The molecule has 150 valence electrons. The summed E-state index contributed by atoms with van der Waals surface area (Å²) in [7, 11) is -5.48. The first-order valence-corrected chi connectivity index (χ1v) is 10.2. The molecule has 0 atom stereocenters. The molecule has 0 fully saturated rings. The van der Waals surface area contributed by atoms with E-state index in [0.29, 0.717) is 16.9 Å². The molecule has 4 rings (SSSR count). The Balaban J connectivity index is 1.93. The SMILES string of the molecule is CC1(C)C=C(c2cnc3ccccc3c2)c2cc(S(=O)(=O)C(F)(F)F)ccc2O1. The molecule has 1 aliphatic heterocycles. The number of alkyl halides is 3. The molecule has 0 saturated carbocycles. The number of halogens is 3. The highest BCUT2D eigenvalue weighted by atomic mass is 32.2. The zero-order chi connectivity index (χ0) is 21.0. The van der Waals surface area contributed by atoms with Crippen molar-refractivity contribution < 1.29 is 26.3 Å². The van der Waals surface area contributed by atoms with Crippen molar-refractivity contribution in [1.82, 2.24) is 4.98 Å². The molecule has 0 amide bonds. The quantitative estimate of drug-likeness (QED) is 0.578. The number of sulfone groups is 1. The fraction of sp³-hybridized carbons (Fsp3) is 0.190. The van der Waals surface area contributed by atoms with E-state index in [0.717, 1.165) is 23.0 Å². The lowest BCUT2D eigenvalue weighted by Crippen LogP contribution is -2.29. The molecule has 8 heteroatoms. The molecule has 0 spiro atoms. The third kappa shape index (κ3) is 3.37. The Bertz CT molecular complexity index is 1260. The van der Waals surface area contributed by atoms with Crippen molar-refractivity contribution in [1.29, 1.82) is 0 Å². The molecule has 2 heterocycles. The second kappa shape index (κ2) is 6.32. The number of aromatic nitrogens is 1. The van der Waals surface area contributed by atoms with Crippen LogP contribution in [-0.4, -0.2) is 24.5 Å². The zero-order valence-electron chi connectivity index (χ0n) is 15.5. The molecule has 29 heavy (non-hydrogen) atoms. The van der Waals surface area contributed by atoms with Crippen LogP contribution >= 0.6 is 0 Å². The van der Waals surface area contributed by atoms with Crippen LogP contribution in [0.4, 0.5) is 13.2 Å². The topological polar surface area (TPSA) is 56.3 Å². The summed E-state index contributed by atoms with van der Waals surface area (Å²) in [6.07, 6.45) is 3.37. The number of fused-ring (bicyclic) bond motifs is 2. The molecule has 1 aromatic heterocycles. The van der Waals surface area contributed by atoms with Gasteiger partial charge < -0.3 is 4.74 Å². The van der Waals surface area contributed by atoms with Gasteiger partial charge in [0.1, 0.15) is 11.4 Å². The van der Waals surface area contributed by atoms with Gasteiger partial charge in [-0.05, 0) is 55.8 Å². The Labute approximate surface area is 165 Å². The maximum absolute atomic E-state index is 13.0. The summed E-state index contributed by atoms with van der Waals surface area (Å²) < 4.78 is 68.7. The Kier molecular flexibility index (Phi) is 4.24. The predicted octanol–water partition coefficient (Wildman–Crippen LogP) is 5.13. The number of ether oxygens (including phenoxy) is 1. The highest BCUT2D eigenvalue weighted by Crippen LogP contribution is 2.42. The number of benzene rings is 2. The van der Waals surface area contributed by atoms with Crippen molar-refractivity contribution >= 4 is 26.3 Å². The Hall–Kier alpha value is -2.87. The number of hydrogen-bond donors (Lipinski definition) is 0. The van der Waals surface area contributed by atoms with Gasteiger partial charge in [0.05, 0.1) is 10.4 Å². The van der Waals surface area contributed by atoms with E-state index in [4.69, 9.17) is 4.74 Å². The van der Waals surface area contributed by atoms with E-state index >= 15 is 0 Å². The molecule has 2 aromatic carbocycles. The molecule has 3 aromatic rings. The molecule has 4 nitrogen and oxygen atoms in total. The van der Waals surface area contributed by atoms with Crippen LogP contribution in [0, 0.1) is 0 Å². The van der Waals surface area contributed by atoms with Gasteiger partial charge >= 0.3 is 5.51 Å². The molecule has 0 radical (unpaired) electrons. The molecular formula is C21H16F3NO3S. The smallest absolute Gasteiger partial charge is 0.483 e. The largest absolute Gasteiger partial charge is 0.501 e. The lowest BCUT2D eigenvalue weighted by Gasteiger charge is -2.31. The van der Waals surface area contributed by atoms with Crippen LogP contribution in [0.5, 0.6) is 5.75 Å². The molecule has 0 N–H and O–H groups in total. The minimum absolute atomic E-state index is 0.270. The van der Waals surface area contributed by atoms with Gasteiger partial charge in [-0.15, -0.1) is 0 Å². The molecule has 0 saturated heterocycles. The normalized spacial score (nSPS) is 16.1. The van der Waals surface area contributed by atoms with E-state index in [2.05, 4.69) is 4.98 Å². The van der Waals surface area contributed by atoms with Crippen LogP contribution in [0.25, 0.3) is 16.5 Å². The summed E-state index contributed by atoms with van der Waals surface area (Å²) in [5.41, 5.74) is -3.86. The van der Waals surface area contributed by atoms with E-state index in [9.17, 15) is 21.6 Å². The lowest BCUT2D eigenvalue weighted by molar-refractivity contribution is -0.0436. The van der Waals surface area contributed by atoms with Gasteiger partial charge in [0, 0.05) is 22.7 Å². The van der Waals surface area contributed by atoms with Crippen molar-refractivity contribution in [2.24, 2.45) is 0 Å². The van der Waals surface area contributed by atoms with Crippen LogP contribution < -0.4 is 4.74 Å². The third-order valence-electron chi connectivity index (χ3n) is 4.62. The Morgan fingerprint density at radius 2 is 1.76 bits per heavy atom. The second-order valence-corrected chi connectivity index (χ2v) is 9.23. The van der Waals surface area contributed by atoms with Gasteiger partial charge in [0.15, 0.2) is 0 Å². The lowest BCUT2D eigenvalue weighted by atomic mass is 9.90. The van der Waals surface area contributed by atoms with Gasteiger partial charge in [0.2, 0.25) is 0 Å². The highest BCUT2D eigenvalue weighted by Gasteiger charge is 2.47. The minimum atomic E-state index is -5.48. The van der Waals surface area contributed by atoms with E-state index in [-0.39, 0.29) is 5.56 Å². The predicted molar refractivity (Wildman–Crippen MR) is 103 cm³/mol. The summed E-state index contributed by atoms with van der Waals surface area (Å²) >= 11 is 0. The zero-order valence-corrected chi connectivity index (χ0v) is 16.3. The second-order valence-electron chi connectivity index (χ2n) is 7.29. The summed E-state index contributed by atoms with van der Waals surface area (Å²) in [6.45, 7) is 3.62. The highest BCUT2D eigenvalue weighted by molar-refractivity contribution is 7.92. The fourth-order valence-corrected chi connectivity index (χ4v) is 4.09. The molecule has 0 bridgehead atoms. The van der Waals surface area contributed by atoms with Crippen LogP contribution in [0.1, 0.15) is 25.0 Å². The van der Waals surface area contributed by atoms with Crippen molar-refractivity contribution in [3.63, 3.8) is 0 Å². The first-order chi connectivity index (χ1) is 13.5. The van der Waals surface area contributed by atoms with E-state index in [1.54, 1.807) is 12.3 Å². The summed E-state index contributed by atoms with van der Waals surface area (Å²) in [6, 6.07) is 12.5. The fourth-order valence-electron chi connectivity index (χ4n) is 3.30. The number of para-hydroxylation sites is 1. The molecular weight excluding hydrogens is 403 g/mol. The van der Waals surface area contributed by atoms with Gasteiger partial charge in [-0.3, -0.25) is 4.98 Å². The van der Waals surface area contributed by atoms with Gasteiger partial charge in [0.25, 0.3) is 9.84 Å². The van der Waals surface area contributed by atoms with E-state index in [1.165, 1.54) is 6.07 Å². The summed E-state index contributed by atoms with van der Waals surface area (Å²) in [5, 5.41) is 0.857. The first-order valence-electron chi connectivity index (χ1n) is 8.71. The van der Waals surface area contributed by atoms with Gasteiger partial charge in [-0.2, -0.15) is 13.2 Å². The first kappa shape index (κ1) is 19.4. The van der Waals surface area contributed by atoms with E-state index in [1.807, 2.05) is 44.2 Å². The van der Waals surface area contributed by atoms with E-state index < -0.39 is 25.8 Å². The molecule has 1 aliphatic rings. The molecule has 0 aliphatic carbocycles. The number of rotatable bonds is 2. The minimum Gasteiger partial charge on any atom is -0.483 e. The van der Waals surface area contributed by atoms with Crippen LogP contribution in [0.3, 0.4) is 0 Å². The summed E-state index contributed by atoms with van der Waals surface area (Å²) in [4.78, 5) is 3.58. The van der Waals surface area contributed by atoms with Crippen LogP contribution in [0.15, 0.2) is 65.7 Å². The van der Waals surface area contributed by atoms with Crippen molar-refractivity contribution in [3.05, 3.63) is 71.9 Å². The number of hydrogen-bond acceptors (Lipinski definition) is 4. The average molecular weight is 419 g/mol.